The molecular formula is C13H17N3O2. The molecule has 0 heterocycles. The van der Waals surface area contributed by atoms with Crippen LogP contribution >= 0.6 is 0 Å². The summed E-state index contributed by atoms with van der Waals surface area (Å²) in [6.45, 7) is 8.10. The predicted octanol–water partition coefficient (Wildman–Crippen LogP) is 3.31. The van der Waals surface area contributed by atoms with E-state index in [-0.39, 0.29) is 17.1 Å². The van der Waals surface area contributed by atoms with Crippen LogP contribution in [0.25, 0.3) is 0 Å². The molecule has 0 aromatic heterocycles. The fourth-order valence-corrected chi connectivity index (χ4v) is 1.33. The number of hydrogen-bond donors (Lipinski definition) is 1. The van der Waals surface area contributed by atoms with Gasteiger partial charge in [0.05, 0.1) is 16.6 Å². The molecule has 1 N–H and O–H groups in total. The number of rotatable bonds is 3. The van der Waals surface area contributed by atoms with Gasteiger partial charge in [-0.25, -0.2) is 0 Å². The lowest BCUT2D eigenvalue weighted by atomic mass is 9.88. The van der Waals surface area contributed by atoms with Gasteiger partial charge < -0.3 is 5.32 Å². The second-order valence-electron chi connectivity index (χ2n) is 5.33. The lowest BCUT2D eigenvalue weighted by Gasteiger charge is -2.28. The molecule has 0 fully saturated rings. The summed E-state index contributed by atoms with van der Waals surface area (Å²) in [5.74, 6) is 0. The van der Waals surface area contributed by atoms with Crippen LogP contribution in [0.15, 0.2) is 18.2 Å². The van der Waals surface area contributed by atoms with E-state index in [1.165, 1.54) is 18.2 Å². The number of nitrogens with zero attached hydrogens (tertiary/aromatic N) is 2. The Morgan fingerprint density at radius 2 is 2.06 bits per heavy atom. The van der Waals surface area contributed by atoms with Crippen LogP contribution in [0.1, 0.15) is 33.3 Å². The lowest BCUT2D eigenvalue weighted by Crippen LogP contribution is -2.31. The first-order valence-corrected chi connectivity index (χ1v) is 5.71. The fourth-order valence-electron chi connectivity index (χ4n) is 1.33. The molecule has 1 atom stereocenters. The molecule has 96 valence electrons. The van der Waals surface area contributed by atoms with E-state index in [4.69, 9.17) is 5.26 Å². The van der Waals surface area contributed by atoms with Crippen LogP contribution in [-0.2, 0) is 0 Å². The maximum Gasteiger partial charge on any atom is 0.292 e. The average Bonchev–Trinajstić information content (AvgIpc) is 2.27. The Labute approximate surface area is 107 Å². The molecule has 0 amide bonds. The molecule has 1 rings (SSSR count). The van der Waals surface area contributed by atoms with E-state index in [0.29, 0.717) is 11.3 Å². The lowest BCUT2D eigenvalue weighted by molar-refractivity contribution is -0.384. The summed E-state index contributed by atoms with van der Waals surface area (Å²) >= 11 is 0. The van der Waals surface area contributed by atoms with E-state index in [9.17, 15) is 10.1 Å². The fraction of sp³-hybridized carbons (Fsp3) is 0.462. The van der Waals surface area contributed by atoms with Crippen molar-refractivity contribution in [2.75, 3.05) is 5.32 Å². The van der Waals surface area contributed by atoms with Crippen LogP contribution in [0.4, 0.5) is 11.4 Å². The molecule has 1 aromatic rings. The Morgan fingerprint density at radius 3 is 2.50 bits per heavy atom. The third-order valence-corrected chi connectivity index (χ3v) is 2.99. The minimum Gasteiger partial charge on any atom is -0.376 e. The van der Waals surface area contributed by atoms with Crippen molar-refractivity contribution >= 4 is 11.4 Å². The molecule has 0 spiro atoms. The topological polar surface area (TPSA) is 79.0 Å². The predicted molar refractivity (Wildman–Crippen MR) is 70.4 cm³/mol. The molecule has 0 aliphatic rings. The summed E-state index contributed by atoms with van der Waals surface area (Å²) in [5.41, 5.74) is 0.757. The number of hydrogen-bond acceptors (Lipinski definition) is 4. The van der Waals surface area contributed by atoms with Gasteiger partial charge in [-0.3, -0.25) is 10.1 Å². The Balaban J connectivity index is 3.13. The minimum absolute atomic E-state index is 0.00917. The average molecular weight is 247 g/mol. The highest BCUT2D eigenvalue weighted by Crippen LogP contribution is 2.29. The minimum atomic E-state index is -0.446. The van der Waals surface area contributed by atoms with Gasteiger partial charge in [0.25, 0.3) is 5.69 Å². The molecule has 18 heavy (non-hydrogen) atoms. The molecule has 0 aliphatic heterocycles. The van der Waals surface area contributed by atoms with Crippen LogP contribution in [0.3, 0.4) is 0 Å². The molecule has 0 bridgehead atoms. The van der Waals surface area contributed by atoms with E-state index in [1.807, 2.05) is 33.8 Å². The quantitative estimate of drug-likeness (QED) is 0.656. The molecule has 0 saturated heterocycles. The molecule has 1 unspecified atom stereocenters. The number of nitrogens with one attached hydrogen (secondary N) is 1. The molecular weight excluding hydrogens is 230 g/mol. The highest BCUT2D eigenvalue weighted by Gasteiger charge is 2.23. The van der Waals surface area contributed by atoms with Crippen molar-refractivity contribution in [3.05, 3.63) is 33.9 Å². The van der Waals surface area contributed by atoms with Crippen molar-refractivity contribution in [1.82, 2.24) is 0 Å². The molecule has 0 saturated carbocycles. The SMILES string of the molecule is CC(Nc1cc(C#N)ccc1[N+](=O)[O-])C(C)(C)C. The summed E-state index contributed by atoms with van der Waals surface area (Å²) in [5, 5.41) is 22.9. The monoisotopic (exact) mass is 247 g/mol. The highest BCUT2D eigenvalue weighted by atomic mass is 16.6. The molecule has 5 heteroatoms. The van der Waals surface area contributed by atoms with Gasteiger partial charge in [0.2, 0.25) is 0 Å². The summed E-state index contributed by atoms with van der Waals surface area (Å²) < 4.78 is 0. The smallest absolute Gasteiger partial charge is 0.292 e. The van der Waals surface area contributed by atoms with Gasteiger partial charge >= 0.3 is 0 Å². The molecule has 1 aromatic carbocycles. The van der Waals surface area contributed by atoms with Crippen LogP contribution in [0, 0.1) is 26.9 Å². The van der Waals surface area contributed by atoms with Gasteiger partial charge in [0, 0.05) is 12.1 Å². The van der Waals surface area contributed by atoms with Gasteiger partial charge in [-0.2, -0.15) is 5.26 Å². The zero-order valence-corrected chi connectivity index (χ0v) is 11.0. The second-order valence-corrected chi connectivity index (χ2v) is 5.33. The first-order chi connectivity index (χ1) is 8.25. The maximum absolute atomic E-state index is 10.9. The maximum atomic E-state index is 10.9. The van der Waals surface area contributed by atoms with E-state index in [2.05, 4.69) is 5.32 Å². The van der Waals surface area contributed by atoms with Gasteiger partial charge in [0.1, 0.15) is 5.69 Å². The molecule has 5 nitrogen and oxygen atoms in total. The van der Waals surface area contributed by atoms with Crippen molar-refractivity contribution in [3.8, 4) is 6.07 Å². The Hall–Kier alpha value is -2.09. The first-order valence-electron chi connectivity index (χ1n) is 5.71. The van der Waals surface area contributed by atoms with Crippen molar-refractivity contribution in [1.29, 1.82) is 5.26 Å². The number of benzene rings is 1. The normalized spacial score (nSPS) is 12.6. The first kappa shape index (κ1) is 14.0. The Bertz CT molecular complexity index is 498. The summed E-state index contributed by atoms with van der Waals surface area (Å²) in [6, 6.07) is 6.35. The van der Waals surface area contributed by atoms with Crippen molar-refractivity contribution < 1.29 is 4.92 Å². The summed E-state index contributed by atoms with van der Waals surface area (Å²) in [6.07, 6.45) is 0. The van der Waals surface area contributed by atoms with Gasteiger partial charge in [0.15, 0.2) is 0 Å². The highest BCUT2D eigenvalue weighted by molar-refractivity contribution is 5.64. The van der Waals surface area contributed by atoms with Crippen molar-refractivity contribution in [2.45, 2.75) is 33.7 Å². The summed E-state index contributed by atoms with van der Waals surface area (Å²) in [4.78, 5) is 10.5. The van der Waals surface area contributed by atoms with Crippen LogP contribution in [0.5, 0.6) is 0 Å². The molecule has 0 aliphatic carbocycles. The Kier molecular flexibility index (Phi) is 3.92. The van der Waals surface area contributed by atoms with Gasteiger partial charge in [-0.15, -0.1) is 0 Å². The van der Waals surface area contributed by atoms with Gasteiger partial charge in [-0.05, 0) is 24.5 Å². The van der Waals surface area contributed by atoms with Crippen LogP contribution in [0.2, 0.25) is 0 Å². The standard InChI is InChI=1S/C13H17N3O2/c1-9(13(2,3)4)15-11-7-10(8-14)5-6-12(11)16(17)18/h5-7,9,15H,1-4H3. The van der Waals surface area contributed by atoms with E-state index >= 15 is 0 Å². The number of nitro groups is 1. The zero-order chi connectivity index (χ0) is 13.9. The van der Waals surface area contributed by atoms with Crippen molar-refractivity contribution in [3.63, 3.8) is 0 Å². The summed E-state index contributed by atoms with van der Waals surface area (Å²) in [7, 11) is 0. The largest absolute Gasteiger partial charge is 0.376 e. The van der Waals surface area contributed by atoms with Crippen LogP contribution < -0.4 is 5.32 Å². The van der Waals surface area contributed by atoms with Gasteiger partial charge in [-0.1, -0.05) is 20.8 Å². The zero-order valence-electron chi connectivity index (χ0n) is 11.0. The number of anilines is 1. The van der Waals surface area contributed by atoms with E-state index < -0.39 is 4.92 Å². The second kappa shape index (κ2) is 5.05. The molecule has 0 radical (unpaired) electrons. The van der Waals surface area contributed by atoms with Crippen LogP contribution in [-0.4, -0.2) is 11.0 Å². The van der Waals surface area contributed by atoms with E-state index in [0.717, 1.165) is 0 Å². The third-order valence-electron chi connectivity index (χ3n) is 2.99. The number of nitro benzene ring substituents is 1. The van der Waals surface area contributed by atoms with E-state index in [1.54, 1.807) is 0 Å². The third kappa shape index (κ3) is 3.20. The Morgan fingerprint density at radius 1 is 1.44 bits per heavy atom. The van der Waals surface area contributed by atoms with Crippen molar-refractivity contribution in [2.24, 2.45) is 5.41 Å². The number of nitriles is 1.